The van der Waals surface area contributed by atoms with Crippen molar-refractivity contribution >= 4 is 6.03 Å². The molecule has 1 fully saturated rings. The number of carbonyl (C=O) groups is 1. The van der Waals surface area contributed by atoms with Crippen molar-refractivity contribution in [2.75, 3.05) is 32.7 Å². The molecule has 4 nitrogen and oxygen atoms in total. The van der Waals surface area contributed by atoms with Crippen LogP contribution in [0.15, 0.2) is 0 Å². The molecule has 0 aromatic carbocycles. The minimum Gasteiger partial charge on any atom is -0.338 e. The van der Waals surface area contributed by atoms with Crippen LogP contribution >= 0.6 is 0 Å². The molecule has 1 rings (SSSR count). The molecule has 1 aliphatic heterocycles. The lowest BCUT2D eigenvalue weighted by molar-refractivity contribution is 0.189. The molecule has 0 radical (unpaired) electrons. The van der Waals surface area contributed by atoms with Gasteiger partial charge in [-0.3, -0.25) is 0 Å². The Bertz CT molecular complexity index is 176. The number of rotatable bonds is 3. The van der Waals surface area contributed by atoms with Gasteiger partial charge in [0.2, 0.25) is 0 Å². The van der Waals surface area contributed by atoms with Crippen LogP contribution in [0, 0.1) is 5.92 Å². The van der Waals surface area contributed by atoms with Crippen molar-refractivity contribution in [3.8, 4) is 0 Å². The molecular formula is C10H21N3O. The lowest BCUT2D eigenvalue weighted by Crippen LogP contribution is -2.50. The van der Waals surface area contributed by atoms with Gasteiger partial charge in [-0.2, -0.15) is 0 Å². The molecule has 0 bridgehead atoms. The molecule has 82 valence electrons. The van der Waals surface area contributed by atoms with Gasteiger partial charge in [0.1, 0.15) is 0 Å². The number of amides is 2. The van der Waals surface area contributed by atoms with E-state index in [9.17, 15) is 4.79 Å². The van der Waals surface area contributed by atoms with Gasteiger partial charge in [0.05, 0.1) is 0 Å². The summed E-state index contributed by atoms with van der Waals surface area (Å²) >= 11 is 0. The highest BCUT2D eigenvalue weighted by molar-refractivity contribution is 5.74. The average Bonchev–Trinajstić information content (AvgIpc) is 2.18. The third kappa shape index (κ3) is 3.96. The Kier molecular flexibility index (Phi) is 4.73. The molecule has 0 aliphatic carbocycles. The maximum Gasteiger partial charge on any atom is 0.317 e. The topological polar surface area (TPSA) is 44.4 Å². The third-order valence-corrected chi connectivity index (χ3v) is 2.40. The molecule has 1 heterocycles. The van der Waals surface area contributed by atoms with E-state index in [2.05, 4.69) is 24.5 Å². The van der Waals surface area contributed by atoms with Gasteiger partial charge in [-0.05, 0) is 12.3 Å². The average molecular weight is 199 g/mol. The fourth-order valence-corrected chi connectivity index (χ4v) is 1.45. The summed E-state index contributed by atoms with van der Waals surface area (Å²) < 4.78 is 0. The summed E-state index contributed by atoms with van der Waals surface area (Å²) in [7, 11) is 0. The fourth-order valence-electron chi connectivity index (χ4n) is 1.45. The van der Waals surface area contributed by atoms with Crippen molar-refractivity contribution in [2.24, 2.45) is 5.92 Å². The maximum absolute atomic E-state index is 11.6. The van der Waals surface area contributed by atoms with Gasteiger partial charge in [0.25, 0.3) is 0 Å². The van der Waals surface area contributed by atoms with Crippen LogP contribution in [0.2, 0.25) is 0 Å². The summed E-state index contributed by atoms with van der Waals surface area (Å²) in [4.78, 5) is 13.4. The van der Waals surface area contributed by atoms with E-state index in [-0.39, 0.29) is 6.03 Å². The van der Waals surface area contributed by atoms with Crippen LogP contribution in [0.25, 0.3) is 0 Å². The molecule has 4 heteroatoms. The van der Waals surface area contributed by atoms with Crippen LogP contribution < -0.4 is 10.6 Å². The predicted molar refractivity (Wildman–Crippen MR) is 57.3 cm³/mol. The summed E-state index contributed by atoms with van der Waals surface area (Å²) in [5.41, 5.74) is 0. The summed E-state index contributed by atoms with van der Waals surface area (Å²) in [6, 6.07) is 0.0900. The Balaban J connectivity index is 2.13. The van der Waals surface area contributed by atoms with Gasteiger partial charge >= 0.3 is 6.03 Å². The quantitative estimate of drug-likeness (QED) is 0.701. The second-order valence-corrected chi connectivity index (χ2v) is 4.15. The molecular weight excluding hydrogens is 178 g/mol. The number of hydrogen-bond donors (Lipinski definition) is 2. The fraction of sp³-hybridized carbons (Fsp3) is 0.900. The molecule has 2 amide bonds. The lowest BCUT2D eigenvalue weighted by Gasteiger charge is -2.27. The first-order valence-electron chi connectivity index (χ1n) is 5.43. The Hall–Kier alpha value is -0.770. The zero-order valence-corrected chi connectivity index (χ0v) is 9.18. The second kappa shape index (κ2) is 5.86. The Morgan fingerprint density at radius 1 is 1.43 bits per heavy atom. The minimum absolute atomic E-state index is 0.0900. The van der Waals surface area contributed by atoms with E-state index in [0.29, 0.717) is 5.92 Å². The molecule has 0 atom stereocenters. The third-order valence-electron chi connectivity index (χ3n) is 2.40. The molecule has 1 saturated heterocycles. The van der Waals surface area contributed by atoms with Gasteiger partial charge in [-0.25, -0.2) is 4.79 Å². The molecule has 1 aliphatic rings. The minimum atomic E-state index is 0.0900. The van der Waals surface area contributed by atoms with Crippen LogP contribution in [0.3, 0.4) is 0 Å². The number of piperazine rings is 1. The zero-order chi connectivity index (χ0) is 10.4. The summed E-state index contributed by atoms with van der Waals surface area (Å²) in [6.45, 7) is 8.60. The van der Waals surface area contributed by atoms with Crippen LogP contribution in [-0.4, -0.2) is 43.7 Å². The maximum atomic E-state index is 11.6. The van der Waals surface area contributed by atoms with E-state index < -0.39 is 0 Å². The molecule has 0 aromatic rings. The largest absolute Gasteiger partial charge is 0.338 e. The molecule has 0 unspecified atom stereocenters. The van der Waals surface area contributed by atoms with Crippen molar-refractivity contribution in [2.45, 2.75) is 20.3 Å². The number of carbonyl (C=O) groups excluding carboxylic acids is 1. The second-order valence-electron chi connectivity index (χ2n) is 4.15. The van der Waals surface area contributed by atoms with Gasteiger partial charge in [-0.15, -0.1) is 0 Å². The molecule has 14 heavy (non-hydrogen) atoms. The van der Waals surface area contributed by atoms with Crippen LogP contribution in [-0.2, 0) is 0 Å². The number of nitrogens with zero attached hydrogens (tertiary/aromatic N) is 1. The Labute approximate surface area is 86.0 Å². The number of hydrogen-bond acceptors (Lipinski definition) is 2. The van der Waals surface area contributed by atoms with Crippen molar-refractivity contribution in [3.63, 3.8) is 0 Å². The molecule has 2 N–H and O–H groups in total. The zero-order valence-electron chi connectivity index (χ0n) is 9.18. The summed E-state index contributed by atoms with van der Waals surface area (Å²) in [5.74, 6) is 0.651. The summed E-state index contributed by atoms with van der Waals surface area (Å²) in [5, 5.41) is 6.17. The van der Waals surface area contributed by atoms with Crippen molar-refractivity contribution in [1.29, 1.82) is 0 Å². The highest BCUT2D eigenvalue weighted by Crippen LogP contribution is 1.98. The molecule has 0 spiro atoms. The van der Waals surface area contributed by atoms with Crippen LogP contribution in [0.4, 0.5) is 4.79 Å². The normalized spacial score (nSPS) is 17.2. The standard InChI is InChI=1S/C10H21N3O/c1-9(2)3-4-12-10(14)13-7-5-11-6-8-13/h9,11H,3-8H2,1-2H3,(H,12,14). The predicted octanol–water partition coefficient (Wildman–Crippen LogP) is 0.647. The Morgan fingerprint density at radius 2 is 2.07 bits per heavy atom. The van der Waals surface area contributed by atoms with Crippen LogP contribution in [0.5, 0.6) is 0 Å². The van der Waals surface area contributed by atoms with E-state index in [4.69, 9.17) is 0 Å². The number of urea groups is 1. The monoisotopic (exact) mass is 199 g/mol. The first-order chi connectivity index (χ1) is 6.70. The summed E-state index contributed by atoms with van der Waals surface area (Å²) in [6.07, 6.45) is 1.05. The first kappa shape index (κ1) is 11.3. The smallest absolute Gasteiger partial charge is 0.317 e. The van der Waals surface area contributed by atoms with E-state index >= 15 is 0 Å². The lowest BCUT2D eigenvalue weighted by atomic mass is 10.1. The molecule has 0 aromatic heterocycles. The van der Waals surface area contributed by atoms with E-state index in [1.807, 2.05) is 4.90 Å². The SMILES string of the molecule is CC(C)CCNC(=O)N1CCNCC1. The van der Waals surface area contributed by atoms with Crippen molar-refractivity contribution < 1.29 is 4.79 Å². The highest BCUT2D eigenvalue weighted by Gasteiger charge is 2.14. The number of nitrogens with one attached hydrogen (secondary N) is 2. The van der Waals surface area contributed by atoms with Gasteiger partial charge in [0, 0.05) is 32.7 Å². The van der Waals surface area contributed by atoms with Crippen molar-refractivity contribution in [3.05, 3.63) is 0 Å². The Morgan fingerprint density at radius 3 is 2.64 bits per heavy atom. The highest BCUT2D eigenvalue weighted by atomic mass is 16.2. The van der Waals surface area contributed by atoms with Gasteiger partial charge in [0.15, 0.2) is 0 Å². The van der Waals surface area contributed by atoms with E-state index in [0.717, 1.165) is 39.1 Å². The van der Waals surface area contributed by atoms with Crippen molar-refractivity contribution in [1.82, 2.24) is 15.5 Å². The molecule has 0 saturated carbocycles. The first-order valence-corrected chi connectivity index (χ1v) is 5.43. The van der Waals surface area contributed by atoms with Crippen LogP contribution in [0.1, 0.15) is 20.3 Å². The van der Waals surface area contributed by atoms with Gasteiger partial charge < -0.3 is 15.5 Å². The van der Waals surface area contributed by atoms with E-state index in [1.54, 1.807) is 0 Å². The van der Waals surface area contributed by atoms with Gasteiger partial charge in [-0.1, -0.05) is 13.8 Å². The van der Waals surface area contributed by atoms with E-state index in [1.165, 1.54) is 0 Å².